The van der Waals surface area contributed by atoms with Crippen molar-refractivity contribution in [2.45, 2.75) is 9.79 Å². The fourth-order valence-electron chi connectivity index (χ4n) is 4.04. The topological polar surface area (TPSA) is 312 Å². The van der Waals surface area contributed by atoms with Gasteiger partial charge in [-0.3, -0.25) is 55.2 Å². The van der Waals surface area contributed by atoms with E-state index >= 15 is 0 Å². The standard InChI is InChI=1S/C26H24N12O6S2.2Na/c27-21-33-22(28)35-24(34-21)31-17-10-8-14(19(12-17)45(39,40)41)6-7-15-9-11-18(13-20(15)46(42,43)44)32-26-37-23(29)36-25(38-26)30-16-4-2-1-3-5-16;;/h1-13H,(H,39,40,41)(H,42,43,44)(H5,27,28,31,33,34,35)(H4,29,30,32,36,37,38);;. The van der Waals surface area contributed by atoms with Crippen molar-refractivity contribution in [3.63, 3.8) is 0 Å². The summed E-state index contributed by atoms with van der Waals surface area (Å²) in [6.45, 7) is 0. The van der Waals surface area contributed by atoms with Gasteiger partial charge >= 0.3 is 0 Å². The number of nitrogens with zero attached hydrogens (tertiary/aromatic N) is 3. The molecule has 0 aliphatic rings. The van der Waals surface area contributed by atoms with Crippen LogP contribution in [0.25, 0.3) is 12.2 Å². The van der Waals surface area contributed by atoms with Crippen molar-refractivity contribution in [1.82, 2.24) is 29.9 Å². The van der Waals surface area contributed by atoms with Gasteiger partial charge in [0.2, 0.25) is 33.7 Å². The second-order valence-electron chi connectivity index (χ2n) is 9.32. The van der Waals surface area contributed by atoms with Crippen molar-refractivity contribution in [2.24, 2.45) is 15.0 Å². The summed E-state index contributed by atoms with van der Waals surface area (Å²) in [6.07, 6.45) is 2.43. The van der Waals surface area contributed by atoms with E-state index in [-0.39, 0.29) is 115 Å². The molecule has 238 valence electrons. The van der Waals surface area contributed by atoms with Crippen LogP contribution >= 0.6 is 0 Å². The monoisotopic (exact) mass is 710 g/mol. The Morgan fingerprint density at radius 2 is 0.896 bits per heavy atom. The van der Waals surface area contributed by atoms with Gasteiger partial charge in [-0.05, 0) is 47.5 Å². The second-order valence-corrected chi connectivity index (χ2v) is 12.1. The number of nitrogens with one attached hydrogen (secondary N) is 9. The fraction of sp³-hybridized carbons (Fsp3) is 0. The van der Waals surface area contributed by atoms with Crippen LogP contribution in [-0.4, -0.2) is 115 Å². The Kier molecular flexibility index (Phi) is 12.8. The number of aromatic nitrogens is 6. The summed E-state index contributed by atoms with van der Waals surface area (Å²) in [5, 5.41) is 23.2. The van der Waals surface area contributed by atoms with E-state index in [1.807, 2.05) is 6.07 Å². The molecule has 0 unspecified atom stereocenters. The maximum atomic E-state index is 12.3. The molecule has 0 amide bonds. The van der Waals surface area contributed by atoms with Gasteiger partial charge in [-0.1, -0.05) is 42.5 Å². The Labute approximate surface area is 314 Å². The number of benzene rings is 3. The molecule has 0 atom stereocenters. The van der Waals surface area contributed by atoms with Crippen LogP contribution in [-0.2, 0) is 20.2 Å². The number of rotatable bonds is 7. The molecule has 18 nitrogen and oxygen atoms in total. The van der Waals surface area contributed by atoms with Crippen LogP contribution in [0.1, 0.15) is 11.1 Å². The molecule has 11 N–H and O–H groups in total. The third-order valence-corrected chi connectivity index (χ3v) is 7.75. The molecule has 0 bridgehead atoms. The van der Waals surface area contributed by atoms with Crippen molar-refractivity contribution in [3.05, 3.63) is 112 Å². The zero-order valence-corrected chi connectivity index (χ0v) is 30.8. The van der Waals surface area contributed by atoms with Gasteiger partial charge in [-0.15, -0.1) is 0 Å². The Bertz CT molecular complexity index is 2590. The SMILES string of the molecule is N=c1[nH]c(=N)[nH]c(=Nc2ccc(C=Cc3ccc(N=c4[nH]c(=N)[nH]c(=Nc5ccccc5)[nH]4)cc3S(=O)(=O)O)c(S(=O)(=O)O)c2)[nH]1.[Na].[Na]. The van der Waals surface area contributed by atoms with Crippen LogP contribution in [0, 0.1) is 16.2 Å². The second kappa shape index (κ2) is 16.0. The fourth-order valence-corrected chi connectivity index (χ4v) is 5.45. The third-order valence-electron chi connectivity index (χ3n) is 5.93. The smallest absolute Gasteiger partial charge is 0.295 e. The molecule has 0 fully saturated rings. The molecular weight excluding hydrogens is 686 g/mol. The first kappa shape index (κ1) is 38.5. The molecule has 2 heterocycles. The summed E-state index contributed by atoms with van der Waals surface area (Å²) in [7, 11) is -9.62. The number of hydrogen-bond donors (Lipinski definition) is 11. The molecule has 22 heteroatoms. The summed E-state index contributed by atoms with van der Waals surface area (Å²) in [5.74, 6) is 0. The van der Waals surface area contributed by atoms with Crippen molar-refractivity contribution in [3.8, 4) is 0 Å². The van der Waals surface area contributed by atoms with E-state index in [0.717, 1.165) is 12.1 Å². The maximum absolute atomic E-state index is 12.3. The molecule has 5 rings (SSSR count). The van der Waals surface area contributed by atoms with Gasteiger partial charge in [0, 0.05) is 59.1 Å². The number of H-pyrrole nitrogens is 6. The molecule has 0 saturated carbocycles. The minimum absolute atomic E-state index is 0. The molecule has 3 aromatic carbocycles. The van der Waals surface area contributed by atoms with Crippen molar-refractivity contribution in [2.75, 3.05) is 0 Å². The predicted octanol–water partition coefficient (Wildman–Crippen LogP) is -0.307. The van der Waals surface area contributed by atoms with Gasteiger partial charge in [-0.25, -0.2) is 15.0 Å². The van der Waals surface area contributed by atoms with Gasteiger partial charge in [-0.2, -0.15) is 16.8 Å². The first-order valence-electron chi connectivity index (χ1n) is 12.8. The number of hydrogen-bond acceptors (Lipinski definition) is 10. The van der Waals surface area contributed by atoms with Crippen LogP contribution < -0.4 is 33.7 Å². The average molecular weight is 711 g/mol. The normalized spacial score (nSPS) is 12.4. The zero-order valence-electron chi connectivity index (χ0n) is 25.2. The van der Waals surface area contributed by atoms with Gasteiger partial charge in [0.25, 0.3) is 20.2 Å². The number of aromatic amines is 6. The molecule has 0 aliphatic heterocycles. The van der Waals surface area contributed by atoms with Crippen LogP contribution in [0.15, 0.2) is 91.5 Å². The van der Waals surface area contributed by atoms with E-state index in [4.69, 9.17) is 16.2 Å². The quantitative estimate of drug-likeness (QED) is 0.0611. The summed E-state index contributed by atoms with van der Waals surface area (Å²) < 4.78 is 68.8. The van der Waals surface area contributed by atoms with Crippen LogP contribution in [0.5, 0.6) is 0 Å². The first-order valence-corrected chi connectivity index (χ1v) is 15.7. The average Bonchev–Trinajstić information content (AvgIpc) is 2.95. The summed E-state index contributed by atoms with van der Waals surface area (Å²) >= 11 is 0. The van der Waals surface area contributed by atoms with Gasteiger partial charge in [0.15, 0.2) is 0 Å². The summed E-state index contributed by atoms with van der Waals surface area (Å²) in [5.41, 5.74) is 0.134. The largest absolute Gasteiger partial charge is 0.297 e. The molecule has 0 aliphatic carbocycles. The van der Waals surface area contributed by atoms with E-state index < -0.39 is 30.0 Å². The Balaban J connectivity index is 0.00000312. The summed E-state index contributed by atoms with van der Waals surface area (Å²) in [6, 6.07) is 16.4. The van der Waals surface area contributed by atoms with E-state index in [9.17, 15) is 25.9 Å². The molecule has 48 heavy (non-hydrogen) atoms. The van der Waals surface area contributed by atoms with Crippen molar-refractivity contribution >= 4 is 109 Å². The van der Waals surface area contributed by atoms with Crippen LogP contribution in [0.2, 0.25) is 0 Å². The van der Waals surface area contributed by atoms with E-state index in [1.165, 1.54) is 36.4 Å². The van der Waals surface area contributed by atoms with Crippen molar-refractivity contribution in [1.29, 1.82) is 16.2 Å². The summed E-state index contributed by atoms with van der Waals surface area (Å²) in [4.78, 5) is 27.1. The van der Waals surface area contributed by atoms with E-state index in [2.05, 4.69) is 44.9 Å². The Morgan fingerprint density at radius 1 is 0.521 bits per heavy atom. The van der Waals surface area contributed by atoms with Crippen LogP contribution in [0.4, 0.5) is 17.1 Å². The predicted molar refractivity (Wildman–Crippen MR) is 172 cm³/mol. The molecule has 0 saturated heterocycles. The van der Waals surface area contributed by atoms with E-state index in [0.29, 0.717) is 5.69 Å². The van der Waals surface area contributed by atoms with Gasteiger partial charge in [0.1, 0.15) is 9.79 Å². The molecule has 0 spiro atoms. The maximum Gasteiger partial charge on any atom is 0.295 e. The minimum atomic E-state index is -4.81. The third kappa shape index (κ3) is 10.3. The Morgan fingerprint density at radius 3 is 1.31 bits per heavy atom. The molecular formula is C26H24N12Na2O6S2. The zero-order chi connectivity index (χ0) is 33.1. The minimum Gasteiger partial charge on any atom is -0.297 e. The number of para-hydroxylation sites is 1. The molecule has 5 aromatic rings. The molecule has 2 radical (unpaired) electrons. The van der Waals surface area contributed by atoms with Crippen molar-refractivity contribution < 1.29 is 25.9 Å². The first-order chi connectivity index (χ1) is 21.7. The Hall–Kier alpha value is -3.96. The van der Waals surface area contributed by atoms with E-state index in [1.54, 1.807) is 24.3 Å². The van der Waals surface area contributed by atoms with Gasteiger partial charge in [0.05, 0.1) is 17.1 Å². The van der Waals surface area contributed by atoms with Gasteiger partial charge < -0.3 is 0 Å². The molecule has 2 aromatic heterocycles. The van der Waals surface area contributed by atoms with Crippen LogP contribution in [0.3, 0.4) is 0 Å².